The minimum absolute atomic E-state index is 0.141. The van der Waals surface area contributed by atoms with Gasteiger partial charge in [-0.25, -0.2) is 4.79 Å². The van der Waals surface area contributed by atoms with Gasteiger partial charge < -0.3 is 19.5 Å². The van der Waals surface area contributed by atoms with Gasteiger partial charge in [0.15, 0.2) is 11.5 Å². The van der Waals surface area contributed by atoms with Crippen molar-refractivity contribution in [1.82, 2.24) is 0 Å². The van der Waals surface area contributed by atoms with Crippen LogP contribution >= 0.6 is 0 Å². The van der Waals surface area contributed by atoms with E-state index < -0.39 is 12.1 Å². The third-order valence-corrected chi connectivity index (χ3v) is 5.21. The molecule has 1 amide bonds. The number of anilines is 2. The number of amides is 1. The van der Waals surface area contributed by atoms with Crippen molar-refractivity contribution in [1.29, 1.82) is 0 Å². The van der Waals surface area contributed by atoms with Crippen molar-refractivity contribution in [3.05, 3.63) is 83.4 Å². The quantitative estimate of drug-likeness (QED) is 0.668. The molecule has 0 bridgehead atoms. The SMILES string of the molecule is COC(=O)c1ccc(N2C(=O)c3ccccc3N[C@@H]2c2ccc3c(c2)OCO3)cc1. The van der Waals surface area contributed by atoms with Crippen molar-refractivity contribution in [2.24, 2.45) is 0 Å². The molecule has 0 radical (unpaired) electrons. The normalized spacial score (nSPS) is 16.6. The number of rotatable bonds is 3. The van der Waals surface area contributed by atoms with E-state index in [1.54, 1.807) is 35.2 Å². The lowest BCUT2D eigenvalue weighted by Gasteiger charge is -2.38. The summed E-state index contributed by atoms with van der Waals surface area (Å²) in [6.45, 7) is 0.178. The van der Waals surface area contributed by atoms with Crippen molar-refractivity contribution in [2.45, 2.75) is 6.17 Å². The molecule has 3 aromatic carbocycles. The Morgan fingerprint density at radius 1 is 1.03 bits per heavy atom. The van der Waals surface area contributed by atoms with E-state index in [2.05, 4.69) is 5.32 Å². The number of carbonyl (C=O) groups is 2. The second kappa shape index (κ2) is 7.11. The number of hydrogen-bond donors (Lipinski definition) is 1. The van der Waals surface area contributed by atoms with Crippen molar-refractivity contribution < 1.29 is 23.8 Å². The first kappa shape index (κ1) is 18.1. The number of nitrogens with one attached hydrogen (secondary N) is 1. The van der Waals surface area contributed by atoms with E-state index >= 15 is 0 Å². The molecule has 150 valence electrons. The first-order valence-corrected chi connectivity index (χ1v) is 9.43. The van der Waals surface area contributed by atoms with Gasteiger partial charge in [-0.15, -0.1) is 0 Å². The van der Waals surface area contributed by atoms with E-state index in [4.69, 9.17) is 14.2 Å². The van der Waals surface area contributed by atoms with Gasteiger partial charge in [-0.05, 0) is 54.1 Å². The van der Waals surface area contributed by atoms with E-state index in [1.807, 2.05) is 36.4 Å². The van der Waals surface area contributed by atoms with E-state index in [1.165, 1.54) is 7.11 Å². The average Bonchev–Trinajstić information content (AvgIpc) is 3.26. The lowest BCUT2D eigenvalue weighted by atomic mass is 10.0. The number of esters is 1. The fourth-order valence-corrected chi connectivity index (χ4v) is 3.71. The van der Waals surface area contributed by atoms with Crippen LogP contribution in [0.3, 0.4) is 0 Å². The first-order valence-electron chi connectivity index (χ1n) is 9.43. The van der Waals surface area contributed by atoms with Gasteiger partial charge in [0.1, 0.15) is 6.17 Å². The van der Waals surface area contributed by atoms with Gasteiger partial charge in [-0.2, -0.15) is 0 Å². The third-order valence-electron chi connectivity index (χ3n) is 5.21. The molecular formula is C23H18N2O5. The van der Waals surface area contributed by atoms with E-state index in [0.29, 0.717) is 28.3 Å². The van der Waals surface area contributed by atoms with Crippen LogP contribution in [0.15, 0.2) is 66.7 Å². The van der Waals surface area contributed by atoms with E-state index in [-0.39, 0.29) is 12.7 Å². The number of para-hydroxylation sites is 1. The molecule has 0 saturated carbocycles. The molecule has 0 spiro atoms. The monoisotopic (exact) mass is 402 g/mol. The molecular weight excluding hydrogens is 384 g/mol. The molecule has 0 saturated heterocycles. The average molecular weight is 402 g/mol. The summed E-state index contributed by atoms with van der Waals surface area (Å²) in [5, 5.41) is 3.45. The van der Waals surface area contributed by atoms with E-state index in [0.717, 1.165) is 11.3 Å². The van der Waals surface area contributed by atoms with Gasteiger partial charge in [0.2, 0.25) is 6.79 Å². The Kier molecular flexibility index (Phi) is 4.28. The molecule has 30 heavy (non-hydrogen) atoms. The first-order chi connectivity index (χ1) is 14.7. The summed E-state index contributed by atoms with van der Waals surface area (Å²) in [6, 6.07) is 19.8. The molecule has 2 aliphatic rings. The summed E-state index contributed by atoms with van der Waals surface area (Å²) in [4.78, 5) is 26.9. The molecule has 0 fully saturated rings. The lowest BCUT2D eigenvalue weighted by molar-refractivity contribution is 0.0600. The topological polar surface area (TPSA) is 77.1 Å². The van der Waals surface area contributed by atoms with Crippen LogP contribution in [0.25, 0.3) is 0 Å². The Morgan fingerprint density at radius 2 is 1.80 bits per heavy atom. The second-order valence-electron chi connectivity index (χ2n) is 6.92. The maximum absolute atomic E-state index is 13.4. The van der Waals surface area contributed by atoms with Gasteiger partial charge in [0.25, 0.3) is 5.91 Å². The van der Waals surface area contributed by atoms with Crippen molar-refractivity contribution in [2.75, 3.05) is 24.1 Å². The minimum atomic E-state index is -0.467. The molecule has 1 N–H and O–H groups in total. The standard InChI is InChI=1S/C23H18N2O5/c1-28-23(27)14-6-9-16(10-7-14)25-21(15-8-11-19-20(12-15)30-13-29-19)24-18-5-3-2-4-17(18)22(25)26/h2-12,21,24H,13H2,1H3/t21-/m0/s1. The number of nitrogens with zero attached hydrogens (tertiary/aromatic N) is 1. The lowest BCUT2D eigenvalue weighted by Crippen LogP contribution is -2.43. The third kappa shape index (κ3) is 2.91. The molecule has 7 nitrogen and oxygen atoms in total. The summed E-state index contributed by atoms with van der Waals surface area (Å²) in [5.74, 6) is 0.747. The molecule has 0 aliphatic carbocycles. The zero-order valence-corrected chi connectivity index (χ0v) is 16.1. The summed E-state index contributed by atoms with van der Waals surface area (Å²) in [6.07, 6.45) is -0.467. The molecule has 3 aromatic rings. The molecule has 5 rings (SSSR count). The fraction of sp³-hybridized carbons (Fsp3) is 0.130. The maximum atomic E-state index is 13.4. The van der Waals surface area contributed by atoms with Crippen LogP contribution < -0.4 is 19.7 Å². The Morgan fingerprint density at radius 3 is 2.60 bits per heavy atom. The van der Waals surface area contributed by atoms with Gasteiger partial charge in [-0.3, -0.25) is 9.69 Å². The van der Waals surface area contributed by atoms with Crippen LogP contribution in [0.1, 0.15) is 32.4 Å². The van der Waals surface area contributed by atoms with Crippen molar-refractivity contribution >= 4 is 23.3 Å². The Bertz CT molecular complexity index is 1140. The molecule has 0 aromatic heterocycles. The van der Waals surface area contributed by atoms with E-state index in [9.17, 15) is 9.59 Å². The number of carbonyl (C=O) groups excluding carboxylic acids is 2. The van der Waals surface area contributed by atoms with Crippen LogP contribution in [0, 0.1) is 0 Å². The number of methoxy groups -OCH3 is 1. The smallest absolute Gasteiger partial charge is 0.337 e. The number of ether oxygens (including phenoxy) is 3. The van der Waals surface area contributed by atoms with Crippen LogP contribution in [-0.4, -0.2) is 25.8 Å². The summed E-state index contributed by atoms with van der Waals surface area (Å²) in [5.41, 5.74) is 3.24. The van der Waals surface area contributed by atoms with Crippen LogP contribution in [0.5, 0.6) is 11.5 Å². The van der Waals surface area contributed by atoms with Crippen molar-refractivity contribution in [3.8, 4) is 11.5 Å². The molecule has 7 heteroatoms. The Labute approximate surface area is 172 Å². The molecule has 2 aliphatic heterocycles. The molecule has 1 atom stereocenters. The molecule has 0 unspecified atom stereocenters. The minimum Gasteiger partial charge on any atom is -0.465 e. The van der Waals surface area contributed by atoms with Crippen LogP contribution in [-0.2, 0) is 4.74 Å². The Hall–Kier alpha value is -4.00. The molecule has 2 heterocycles. The summed E-state index contributed by atoms with van der Waals surface area (Å²) in [7, 11) is 1.33. The summed E-state index contributed by atoms with van der Waals surface area (Å²) < 4.78 is 15.7. The van der Waals surface area contributed by atoms with Gasteiger partial charge in [-0.1, -0.05) is 18.2 Å². The highest BCUT2D eigenvalue weighted by atomic mass is 16.7. The number of benzene rings is 3. The highest BCUT2D eigenvalue weighted by molar-refractivity contribution is 6.12. The predicted molar refractivity (Wildman–Crippen MR) is 110 cm³/mol. The highest BCUT2D eigenvalue weighted by Crippen LogP contribution is 2.40. The van der Waals surface area contributed by atoms with Gasteiger partial charge in [0, 0.05) is 11.4 Å². The number of fused-ring (bicyclic) bond motifs is 2. The maximum Gasteiger partial charge on any atom is 0.337 e. The zero-order valence-electron chi connectivity index (χ0n) is 16.1. The predicted octanol–water partition coefficient (Wildman–Crippen LogP) is 3.97. The van der Waals surface area contributed by atoms with Gasteiger partial charge in [0.05, 0.1) is 18.2 Å². The van der Waals surface area contributed by atoms with Crippen LogP contribution in [0.4, 0.5) is 11.4 Å². The second-order valence-corrected chi connectivity index (χ2v) is 6.92. The summed E-state index contributed by atoms with van der Waals surface area (Å²) >= 11 is 0. The van der Waals surface area contributed by atoms with Crippen molar-refractivity contribution in [3.63, 3.8) is 0 Å². The fourth-order valence-electron chi connectivity index (χ4n) is 3.71. The van der Waals surface area contributed by atoms with Crippen LogP contribution in [0.2, 0.25) is 0 Å². The Balaban J connectivity index is 1.59. The number of hydrogen-bond acceptors (Lipinski definition) is 6. The largest absolute Gasteiger partial charge is 0.465 e. The van der Waals surface area contributed by atoms with Gasteiger partial charge >= 0.3 is 5.97 Å². The zero-order chi connectivity index (χ0) is 20.7. The highest BCUT2D eigenvalue weighted by Gasteiger charge is 2.34.